The molecule has 5 nitrogen and oxygen atoms in total. The van der Waals surface area contributed by atoms with Gasteiger partial charge in [0.05, 0.1) is 21.2 Å². The minimum Gasteiger partial charge on any atom is -0.350 e. The van der Waals surface area contributed by atoms with E-state index in [1.54, 1.807) is 12.1 Å². The molecular formula is C23H20ClF3N2O3S. The minimum absolute atomic E-state index is 0.121. The van der Waals surface area contributed by atoms with Crippen LogP contribution in [0.25, 0.3) is 0 Å². The Balaban J connectivity index is 1.97. The van der Waals surface area contributed by atoms with Crippen LogP contribution in [0.3, 0.4) is 0 Å². The summed E-state index contributed by atoms with van der Waals surface area (Å²) in [4.78, 5) is 12.5. The van der Waals surface area contributed by atoms with Crippen molar-refractivity contribution < 1.29 is 26.4 Å². The van der Waals surface area contributed by atoms with Gasteiger partial charge in [-0.1, -0.05) is 59.6 Å². The van der Waals surface area contributed by atoms with E-state index in [0.29, 0.717) is 10.4 Å². The number of anilines is 1. The largest absolute Gasteiger partial charge is 0.416 e. The molecule has 3 aromatic rings. The van der Waals surface area contributed by atoms with Crippen LogP contribution < -0.4 is 9.62 Å². The highest BCUT2D eigenvalue weighted by Crippen LogP contribution is 2.37. The number of hydrogen-bond acceptors (Lipinski definition) is 3. The summed E-state index contributed by atoms with van der Waals surface area (Å²) < 4.78 is 67.1. The normalized spacial score (nSPS) is 11.8. The lowest BCUT2D eigenvalue weighted by Crippen LogP contribution is -2.41. The van der Waals surface area contributed by atoms with Crippen LogP contribution in [-0.4, -0.2) is 20.9 Å². The van der Waals surface area contributed by atoms with E-state index >= 15 is 0 Å². The van der Waals surface area contributed by atoms with Crippen LogP contribution in [-0.2, 0) is 27.5 Å². The van der Waals surface area contributed by atoms with E-state index in [1.807, 2.05) is 25.1 Å². The number of benzene rings is 3. The molecule has 0 heterocycles. The van der Waals surface area contributed by atoms with E-state index in [4.69, 9.17) is 11.6 Å². The third-order valence-corrected chi connectivity index (χ3v) is 6.83. The number of carbonyl (C=O) groups is 1. The summed E-state index contributed by atoms with van der Waals surface area (Å²) in [5.74, 6) is -0.704. The number of nitrogens with zero attached hydrogens (tertiary/aromatic N) is 1. The molecule has 0 saturated heterocycles. The second-order valence-corrected chi connectivity index (χ2v) is 9.52. The Morgan fingerprint density at radius 2 is 1.70 bits per heavy atom. The van der Waals surface area contributed by atoms with E-state index in [0.717, 1.165) is 23.3 Å². The molecule has 0 radical (unpaired) electrons. The molecule has 0 aromatic heterocycles. The zero-order chi connectivity index (χ0) is 24.2. The number of alkyl halides is 3. The molecule has 0 spiro atoms. The fourth-order valence-corrected chi connectivity index (χ4v) is 4.83. The van der Waals surface area contributed by atoms with Gasteiger partial charge in [-0.3, -0.25) is 9.10 Å². The average Bonchev–Trinajstić information content (AvgIpc) is 2.76. The van der Waals surface area contributed by atoms with Crippen molar-refractivity contribution in [1.82, 2.24) is 5.32 Å². The SMILES string of the molecule is Cc1cccc(CNC(=O)CN(c2cc(C(F)(F)F)ccc2Cl)S(=O)(=O)c2ccccc2)c1. The summed E-state index contributed by atoms with van der Waals surface area (Å²) in [6.45, 7) is 1.25. The zero-order valence-corrected chi connectivity index (χ0v) is 19.0. The van der Waals surface area contributed by atoms with Gasteiger partial charge in [0.1, 0.15) is 6.54 Å². The number of rotatable bonds is 7. The van der Waals surface area contributed by atoms with Crippen LogP contribution in [0.5, 0.6) is 0 Å². The summed E-state index contributed by atoms with van der Waals surface area (Å²) in [5, 5.41) is 2.36. The zero-order valence-electron chi connectivity index (χ0n) is 17.4. The summed E-state index contributed by atoms with van der Waals surface area (Å²) in [6.07, 6.45) is -4.73. The number of aryl methyl sites for hydroxylation is 1. The van der Waals surface area contributed by atoms with Crippen molar-refractivity contribution >= 4 is 33.2 Å². The van der Waals surface area contributed by atoms with Crippen molar-refractivity contribution in [1.29, 1.82) is 0 Å². The fourth-order valence-electron chi connectivity index (χ4n) is 3.11. The van der Waals surface area contributed by atoms with Gasteiger partial charge in [0.25, 0.3) is 10.0 Å². The first kappa shape index (κ1) is 24.6. The number of amides is 1. The van der Waals surface area contributed by atoms with Crippen LogP contribution in [0, 0.1) is 6.92 Å². The Morgan fingerprint density at radius 1 is 1.00 bits per heavy atom. The maximum Gasteiger partial charge on any atom is 0.416 e. The van der Waals surface area contributed by atoms with E-state index in [9.17, 15) is 26.4 Å². The Kier molecular flexibility index (Phi) is 7.34. The quantitative estimate of drug-likeness (QED) is 0.490. The van der Waals surface area contributed by atoms with Gasteiger partial charge in [0.2, 0.25) is 5.91 Å². The van der Waals surface area contributed by atoms with E-state index in [1.165, 1.54) is 24.3 Å². The third-order valence-electron chi connectivity index (χ3n) is 4.73. The van der Waals surface area contributed by atoms with Crippen molar-refractivity contribution in [3.8, 4) is 0 Å². The number of sulfonamides is 1. The van der Waals surface area contributed by atoms with Crippen LogP contribution in [0.4, 0.5) is 18.9 Å². The highest BCUT2D eigenvalue weighted by Gasteiger charge is 2.34. The molecule has 0 fully saturated rings. The van der Waals surface area contributed by atoms with Gasteiger partial charge >= 0.3 is 6.18 Å². The topological polar surface area (TPSA) is 66.5 Å². The maximum absolute atomic E-state index is 13.3. The molecule has 0 bridgehead atoms. The number of carbonyl (C=O) groups excluding carboxylic acids is 1. The Labute approximate surface area is 194 Å². The van der Waals surface area contributed by atoms with E-state index < -0.39 is 39.9 Å². The van der Waals surface area contributed by atoms with Gasteiger partial charge in [0, 0.05) is 6.54 Å². The molecule has 3 aromatic carbocycles. The second kappa shape index (κ2) is 9.84. The van der Waals surface area contributed by atoms with Crippen LogP contribution >= 0.6 is 11.6 Å². The van der Waals surface area contributed by atoms with Crippen molar-refractivity contribution in [2.75, 3.05) is 10.8 Å². The molecule has 0 saturated carbocycles. The van der Waals surface area contributed by atoms with Crippen LogP contribution in [0.1, 0.15) is 16.7 Å². The second-order valence-electron chi connectivity index (χ2n) is 7.25. The standard InChI is InChI=1S/C23H20ClF3N2O3S/c1-16-6-5-7-17(12-16)14-28-22(30)15-29(33(31,32)19-8-3-2-4-9-19)21-13-18(23(25,26)27)10-11-20(21)24/h2-13H,14-15H2,1H3,(H,28,30). The van der Waals surface area contributed by atoms with Gasteiger partial charge in [-0.15, -0.1) is 0 Å². The first-order valence-electron chi connectivity index (χ1n) is 9.75. The van der Waals surface area contributed by atoms with Gasteiger partial charge in [0.15, 0.2) is 0 Å². The number of halogens is 4. The molecule has 3 rings (SSSR count). The van der Waals surface area contributed by atoms with Gasteiger partial charge in [-0.05, 0) is 42.8 Å². The molecule has 1 N–H and O–H groups in total. The summed E-state index contributed by atoms with van der Waals surface area (Å²) in [7, 11) is -4.40. The highest BCUT2D eigenvalue weighted by molar-refractivity contribution is 7.92. The molecule has 0 aliphatic heterocycles. The van der Waals surface area contributed by atoms with Crippen molar-refractivity contribution in [3.05, 3.63) is 94.5 Å². The lowest BCUT2D eigenvalue weighted by molar-refractivity contribution is -0.137. The Hall–Kier alpha value is -3.04. The van der Waals surface area contributed by atoms with Crippen LogP contribution in [0.2, 0.25) is 5.02 Å². The molecule has 174 valence electrons. The van der Waals surface area contributed by atoms with Crippen LogP contribution in [0.15, 0.2) is 77.7 Å². The van der Waals surface area contributed by atoms with Crippen molar-refractivity contribution in [2.24, 2.45) is 0 Å². The molecule has 0 aliphatic rings. The maximum atomic E-state index is 13.3. The van der Waals surface area contributed by atoms with E-state index in [-0.39, 0.29) is 16.5 Å². The predicted octanol–water partition coefficient (Wildman–Crippen LogP) is 5.18. The molecule has 0 aliphatic carbocycles. The summed E-state index contributed by atoms with van der Waals surface area (Å²) in [6, 6.07) is 16.8. The van der Waals surface area contributed by atoms with Crippen molar-refractivity contribution in [2.45, 2.75) is 24.5 Å². The molecule has 33 heavy (non-hydrogen) atoms. The lowest BCUT2D eigenvalue weighted by Gasteiger charge is -2.26. The Morgan fingerprint density at radius 3 is 2.33 bits per heavy atom. The first-order chi connectivity index (χ1) is 15.5. The predicted molar refractivity (Wildman–Crippen MR) is 120 cm³/mol. The van der Waals surface area contributed by atoms with Gasteiger partial charge < -0.3 is 5.32 Å². The summed E-state index contributed by atoms with van der Waals surface area (Å²) >= 11 is 6.10. The Bertz CT molecular complexity index is 1250. The summed E-state index contributed by atoms with van der Waals surface area (Å²) in [5.41, 5.74) is 0.236. The molecule has 1 amide bonds. The third kappa shape index (κ3) is 6.06. The fraction of sp³-hybridized carbons (Fsp3) is 0.174. The monoisotopic (exact) mass is 496 g/mol. The number of nitrogens with one attached hydrogen (secondary N) is 1. The lowest BCUT2D eigenvalue weighted by atomic mass is 10.1. The smallest absolute Gasteiger partial charge is 0.350 e. The molecular weight excluding hydrogens is 477 g/mol. The molecule has 0 atom stereocenters. The molecule has 10 heteroatoms. The molecule has 0 unspecified atom stereocenters. The highest BCUT2D eigenvalue weighted by atomic mass is 35.5. The first-order valence-corrected chi connectivity index (χ1v) is 11.6. The van der Waals surface area contributed by atoms with Gasteiger partial charge in [-0.2, -0.15) is 13.2 Å². The minimum atomic E-state index is -4.73. The van der Waals surface area contributed by atoms with E-state index in [2.05, 4.69) is 5.32 Å². The van der Waals surface area contributed by atoms with Crippen molar-refractivity contribution in [3.63, 3.8) is 0 Å². The average molecular weight is 497 g/mol. The van der Waals surface area contributed by atoms with Gasteiger partial charge in [-0.25, -0.2) is 8.42 Å². The number of hydrogen-bond donors (Lipinski definition) is 1.